The number of nitrogens with zero attached hydrogens (tertiary/aromatic N) is 6. The maximum atomic E-state index is 15.4. The molecule has 3 heterocycles. The Labute approximate surface area is 269 Å². The van der Waals surface area contributed by atoms with Gasteiger partial charge in [0.1, 0.15) is 23.1 Å². The van der Waals surface area contributed by atoms with Gasteiger partial charge in [0.25, 0.3) is 11.8 Å². The maximum Gasteiger partial charge on any atom is 0.342 e. The van der Waals surface area contributed by atoms with E-state index < -0.39 is 35.9 Å². The number of methoxy groups -OCH3 is 1. The van der Waals surface area contributed by atoms with Crippen molar-refractivity contribution in [1.82, 2.24) is 14.9 Å². The SMILES string of the molecule is COc1cc(C(=O)Nc2ccc(N3CCN(C)CC3)c(F)c2)c(F)cc1Nc1ncc2c(n1)N(C1CCCC1)CC(F)(F)C(=O)N2C. The van der Waals surface area contributed by atoms with Crippen LogP contribution in [-0.2, 0) is 4.79 Å². The number of ether oxygens (including phenoxy) is 1. The number of hydrogen-bond donors (Lipinski definition) is 2. The summed E-state index contributed by atoms with van der Waals surface area (Å²) in [7, 11) is 4.59. The summed E-state index contributed by atoms with van der Waals surface area (Å²) in [6.45, 7) is 2.13. The number of amides is 2. The Hall–Kier alpha value is -4.66. The number of piperazine rings is 1. The summed E-state index contributed by atoms with van der Waals surface area (Å²) < 4.78 is 65.6. The second-order valence-electron chi connectivity index (χ2n) is 12.1. The van der Waals surface area contributed by atoms with Crippen molar-refractivity contribution >= 4 is 46.3 Å². The van der Waals surface area contributed by atoms with Gasteiger partial charge in [-0.05, 0) is 44.2 Å². The number of carbonyl (C=O) groups is 2. The van der Waals surface area contributed by atoms with E-state index in [4.69, 9.17) is 4.74 Å². The summed E-state index contributed by atoms with van der Waals surface area (Å²) in [6, 6.07) is 6.32. The van der Waals surface area contributed by atoms with Crippen molar-refractivity contribution in [1.29, 1.82) is 0 Å². The first-order valence-electron chi connectivity index (χ1n) is 15.4. The number of rotatable bonds is 7. The first-order chi connectivity index (χ1) is 22.4. The Kier molecular flexibility index (Phi) is 8.83. The largest absolute Gasteiger partial charge is 0.495 e. The van der Waals surface area contributed by atoms with E-state index in [9.17, 15) is 22.8 Å². The number of hydrogen-bond acceptors (Lipinski definition) is 9. The van der Waals surface area contributed by atoms with Gasteiger partial charge in [0, 0.05) is 51.0 Å². The average molecular weight is 657 g/mol. The lowest BCUT2D eigenvalue weighted by Crippen LogP contribution is -2.48. The molecule has 6 rings (SSSR count). The zero-order chi connectivity index (χ0) is 33.5. The summed E-state index contributed by atoms with van der Waals surface area (Å²) >= 11 is 0. The molecule has 3 aliphatic rings. The molecule has 2 fully saturated rings. The van der Waals surface area contributed by atoms with Crippen LogP contribution in [-0.4, -0.2) is 92.6 Å². The molecule has 2 aliphatic heterocycles. The summed E-state index contributed by atoms with van der Waals surface area (Å²) in [5, 5.41) is 5.40. The number of halogens is 4. The number of aromatic nitrogens is 2. The maximum absolute atomic E-state index is 15.4. The van der Waals surface area contributed by atoms with E-state index >= 15 is 4.39 Å². The van der Waals surface area contributed by atoms with Crippen LogP contribution in [0.1, 0.15) is 36.0 Å². The fourth-order valence-corrected chi connectivity index (χ4v) is 6.31. The summed E-state index contributed by atoms with van der Waals surface area (Å²) in [4.78, 5) is 40.8. The van der Waals surface area contributed by atoms with Crippen LogP contribution in [0.5, 0.6) is 5.75 Å². The van der Waals surface area contributed by atoms with Crippen LogP contribution in [0.3, 0.4) is 0 Å². The molecular formula is C32H36F4N8O3. The third kappa shape index (κ3) is 6.48. The topological polar surface area (TPSA) is 106 Å². The Balaban J connectivity index is 1.23. The van der Waals surface area contributed by atoms with Crippen LogP contribution in [0.2, 0.25) is 0 Å². The minimum Gasteiger partial charge on any atom is -0.495 e. The Bertz CT molecular complexity index is 1680. The van der Waals surface area contributed by atoms with Gasteiger partial charge in [-0.15, -0.1) is 0 Å². The van der Waals surface area contributed by atoms with Gasteiger partial charge >= 0.3 is 5.92 Å². The van der Waals surface area contributed by atoms with Crippen molar-refractivity contribution in [2.45, 2.75) is 37.6 Å². The molecule has 0 unspecified atom stereocenters. The van der Waals surface area contributed by atoms with Crippen LogP contribution in [0, 0.1) is 11.6 Å². The lowest BCUT2D eigenvalue weighted by atomic mass is 10.1. The standard InChI is InChI=1S/C32H36F4N8O3/c1-41-10-12-43(13-11-41)25-9-8-19(14-23(25)34)38-29(45)21-15-27(47-3)24(16-22(21)33)39-31-37-17-26-28(40-31)44(20-6-4-5-7-20)18-32(35,36)30(46)42(26)2/h8-9,14-17,20H,4-7,10-13,18H2,1-3H3,(H,38,45)(H,37,39,40). The highest BCUT2D eigenvalue weighted by Gasteiger charge is 2.48. The van der Waals surface area contributed by atoms with Crippen LogP contribution in [0.25, 0.3) is 0 Å². The fraction of sp³-hybridized carbons (Fsp3) is 0.438. The number of benzene rings is 2. The number of nitrogens with one attached hydrogen (secondary N) is 2. The molecule has 1 saturated heterocycles. The minimum absolute atomic E-state index is 0.0522. The molecule has 2 aromatic carbocycles. The van der Waals surface area contributed by atoms with Gasteiger partial charge in [0.2, 0.25) is 5.95 Å². The average Bonchev–Trinajstić information content (AvgIpc) is 3.57. The van der Waals surface area contributed by atoms with Crippen LogP contribution in [0.4, 0.5) is 52.1 Å². The lowest BCUT2D eigenvalue weighted by molar-refractivity contribution is -0.140. The first-order valence-corrected chi connectivity index (χ1v) is 15.4. The van der Waals surface area contributed by atoms with Crippen LogP contribution in [0.15, 0.2) is 36.5 Å². The molecule has 250 valence electrons. The zero-order valence-electron chi connectivity index (χ0n) is 26.3. The molecule has 3 aromatic rings. The highest BCUT2D eigenvalue weighted by Crippen LogP contribution is 2.40. The van der Waals surface area contributed by atoms with Crippen molar-refractivity contribution in [3.05, 3.63) is 53.7 Å². The molecule has 0 spiro atoms. The second-order valence-corrected chi connectivity index (χ2v) is 12.1. The monoisotopic (exact) mass is 656 g/mol. The minimum atomic E-state index is -3.63. The van der Waals surface area contributed by atoms with E-state index in [-0.39, 0.29) is 46.2 Å². The summed E-state index contributed by atoms with van der Waals surface area (Å²) in [6.07, 6.45) is 4.36. The van der Waals surface area contributed by atoms with Crippen LogP contribution >= 0.6 is 0 Å². The van der Waals surface area contributed by atoms with Crippen molar-refractivity contribution in [3.8, 4) is 5.75 Å². The van der Waals surface area contributed by atoms with Crippen molar-refractivity contribution in [2.24, 2.45) is 0 Å². The van der Waals surface area contributed by atoms with Gasteiger partial charge in [-0.1, -0.05) is 12.8 Å². The van der Waals surface area contributed by atoms with E-state index in [0.717, 1.165) is 36.9 Å². The highest BCUT2D eigenvalue weighted by molar-refractivity contribution is 6.05. The lowest BCUT2D eigenvalue weighted by Gasteiger charge is -2.34. The predicted octanol–water partition coefficient (Wildman–Crippen LogP) is 4.87. The summed E-state index contributed by atoms with van der Waals surface area (Å²) in [5.41, 5.74) is 0.430. The van der Waals surface area contributed by atoms with E-state index in [2.05, 4.69) is 25.5 Å². The van der Waals surface area contributed by atoms with Gasteiger partial charge < -0.3 is 35.0 Å². The molecule has 1 aliphatic carbocycles. The van der Waals surface area contributed by atoms with Crippen LogP contribution < -0.4 is 30.1 Å². The highest BCUT2D eigenvalue weighted by atomic mass is 19.3. The number of alkyl halides is 2. The van der Waals surface area contributed by atoms with Crippen molar-refractivity contribution in [3.63, 3.8) is 0 Å². The van der Waals surface area contributed by atoms with E-state index in [1.54, 1.807) is 12.1 Å². The van der Waals surface area contributed by atoms with Gasteiger partial charge in [-0.3, -0.25) is 9.59 Å². The molecule has 11 nitrogen and oxygen atoms in total. The number of carbonyl (C=O) groups excluding carboxylic acids is 2. The van der Waals surface area contributed by atoms with Gasteiger partial charge in [-0.25, -0.2) is 13.8 Å². The smallest absolute Gasteiger partial charge is 0.342 e. The van der Waals surface area contributed by atoms with Crippen molar-refractivity contribution < 1.29 is 31.9 Å². The fourth-order valence-electron chi connectivity index (χ4n) is 6.31. The first kappa shape index (κ1) is 32.3. The van der Waals surface area contributed by atoms with Gasteiger partial charge in [0.05, 0.1) is 36.8 Å². The number of likely N-dealkylation sites (N-methyl/N-ethyl adjacent to an activating group) is 1. The van der Waals surface area contributed by atoms with Crippen molar-refractivity contribution in [2.75, 3.05) is 79.3 Å². The molecule has 1 saturated carbocycles. The molecule has 0 bridgehead atoms. The summed E-state index contributed by atoms with van der Waals surface area (Å²) in [5.74, 6) is -7.04. The van der Waals surface area contributed by atoms with E-state index in [0.29, 0.717) is 31.6 Å². The zero-order valence-corrected chi connectivity index (χ0v) is 26.3. The predicted molar refractivity (Wildman–Crippen MR) is 170 cm³/mol. The quantitative estimate of drug-likeness (QED) is 0.345. The molecule has 0 radical (unpaired) electrons. The Morgan fingerprint density at radius 1 is 1.00 bits per heavy atom. The van der Waals surface area contributed by atoms with Gasteiger partial charge in [-0.2, -0.15) is 13.8 Å². The van der Waals surface area contributed by atoms with E-state index in [1.807, 2.05) is 11.9 Å². The third-order valence-electron chi connectivity index (χ3n) is 8.97. The Morgan fingerprint density at radius 3 is 2.40 bits per heavy atom. The molecular weight excluding hydrogens is 620 g/mol. The normalized spacial score (nSPS) is 18.6. The number of anilines is 6. The third-order valence-corrected chi connectivity index (χ3v) is 8.97. The Morgan fingerprint density at radius 2 is 1.72 bits per heavy atom. The van der Waals surface area contributed by atoms with Gasteiger partial charge in [0.15, 0.2) is 5.82 Å². The van der Waals surface area contributed by atoms with E-state index in [1.165, 1.54) is 37.4 Å². The molecule has 2 N–H and O–H groups in total. The molecule has 47 heavy (non-hydrogen) atoms. The number of fused-ring (bicyclic) bond motifs is 1. The second kappa shape index (κ2) is 12.9. The molecule has 15 heteroatoms. The molecule has 2 amide bonds. The molecule has 0 atom stereocenters. The molecule has 1 aromatic heterocycles.